The highest BCUT2D eigenvalue weighted by molar-refractivity contribution is 5.42. The molecule has 2 nitrogen and oxygen atoms in total. The van der Waals surface area contributed by atoms with Crippen molar-refractivity contribution in [2.24, 2.45) is 5.92 Å². The Morgan fingerprint density at radius 1 is 1.05 bits per heavy atom. The molecule has 1 heterocycles. The van der Waals surface area contributed by atoms with Gasteiger partial charge in [-0.25, -0.2) is 0 Å². The summed E-state index contributed by atoms with van der Waals surface area (Å²) in [6.07, 6.45) is 35.4. The van der Waals surface area contributed by atoms with Crippen molar-refractivity contribution >= 4 is 0 Å². The molecule has 2 rings (SSSR count). The zero-order valence-corrected chi connectivity index (χ0v) is 25.5. The minimum absolute atomic E-state index is 0.268. The number of allylic oxidation sites excluding steroid dienone is 17. The molecule has 0 N–H and O–H groups in total. The molecule has 1 aliphatic carbocycles. The zero-order valence-electron chi connectivity index (χ0n) is 25.5. The van der Waals surface area contributed by atoms with E-state index in [1.165, 1.54) is 28.4 Å². The van der Waals surface area contributed by atoms with Crippen LogP contribution in [0.1, 0.15) is 74.1 Å². The molecule has 208 valence electrons. The third-order valence-corrected chi connectivity index (χ3v) is 6.98. The minimum atomic E-state index is 0.268. The average Bonchev–Trinajstić information content (AvgIpc) is 2.98. The van der Waals surface area contributed by atoms with E-state index in [0.29, 0.717) is 0 Å². The molecule has 39 heavy (non-hydrogen) atoms. The van der Waals surface area contributed by atoms with E-state index in [2.05, 4.69) is 138 Å². The van der Waals surface area contributed by atoms with Gasteiger partial charge >= 0.3 is 0 Å². The van der Waals surface area contributed by atoms with Gasteiger partial charge in [-0.2, -0.15) is 0 Å². The molecule has 0 aromatic carbocycles. The molecule has 0 spiro atoms. The maximum Gasteiger partial charge on any atom is 0.0415 e. The van der Waals surface area contributed by atoms with Crippen LogP contribution in [0.4, 0.5) is 0 Å². The van der Waals surface area contributed by atoms with Crippen molar-refractivity contribution in [2.45, 2.75) is 74.1 Å². The Kier molecular flexibility index (Phi) is 13.4. The standard InChI is InChI=1S/C37H50N2/c1-10-17-34(25-24-31(7)30(6)23-22-29(4)5)38(26-12-3)36-21-16-27-39(35-19-14-13-15-20-35)37(18-11-2)33(9)32(8)28-36/h11-12,14,16,18-26,28,32H,4,6,10,13,15,17,27H2,1-3,5,7-9H3/b18-11-,21-16-,23-22-,26-12+,31-24+,34-25+,36-28+,37-33-. The maximum absolute atomic E-state index is 4.24. The van der Waals surface area contributed by atoms with E-state index in [0.717, 1.165) is 48.9 Å². The topological polar surface area (TPSA) is 6.48 Å². The lowest BCUT2D eigenvalue weighted by molar-refractivity contribution is 0.486. The Morgan fingerprint density at radius 3 is 2.44 bits per heavy atom. The molecule has 0 fully saturated rings. The number of hydrogen-bond donors (Lipinski definition) is 0. The first-order valence-electron chi connectivity index (χ1n) is 14.4. The van der Waals surface area contributed by atoms with Crippen LogP contribution >= 0.6 is 0 Å². The van der Waals surface area contributed by atoms with Gasteiger partial charge in [-0.05, 0) is 101 Å². The minimum Gasteiger partial charge on any atom is -0.338 e. The molecular weight excluding hydrogens is 472 g/mol. The second-order valence-corrected chi connectivity index (χ2v) is 10.4. The molecule has 0 saturated carbocycles. The summed E-state index contributed by atoms with van der Waals surface area (Å²) in [5.41, 5.74) is 9.57. The molecule has 0 amide bonds. The Morgan fingerprint density at radius 2 is 1.82 bits per heavy atom. The van der Waals surface area contributed by atoms with Gasteiger partial charge in [0.15, 0.2) is 0 Å². The van der Waals surface area contributed by atoms with Crippen molar-refractivity contribution in [3.8, 4) is 0 Å². The van der Waals surface area contributed by atoms with Crippen LogP contribution < -0.4 is 0 Å². The lowest BCUT2D eigenvalue weighted by atomic mass is 9.97. The van der Waals surface area contributed by atoms with Crippen molar-refractivity contribution in [3.05, 3.63) is 143 Å². The van der Waals surface area contributed by atoms with Gasteiger partial charge in [0, 0.05) is 35.5 Å². The summed E-state index contributed by atoms with van der Waals surface area (Å²) in [5, 5.41) is 0. The van der Waals surface area contributed by atoms with Crippen LogP contribution in [0.25, 0.3) is 0 Å². The molecule has 0 radical (unpaired) electrons. The van der Waals surface area contributed by atoms with Crippen molar-refractivity contribution in [2.75, 3.05) is 6.54 Å². The molecule has 0 saturated heterocycles. The van der Waals surface area contributed by atoms with Crippen molar-refractivity contribution < 1.29 is 0 Å². The summed E-state index contributed by atoms with van der Waals surface area (Å²) in [7, 11) is 0. The predicted octanol–water partition coefficient (Wildman–Crippen LogP) is 10.6. The van der Waals surface area contributed by atoms with Crippen LogP contribution in [-0.4, -0.2) is 16.3 Å². The van der Waals surface area contributed by atoms with E-state index in [4.69, 9.17) is 0 Å². The monoisotopic (exact) mass is 522 g/mol. The fourth-order valence-corrected chi connectivity index (χ4v) is 4.58. The van der Waals surface area contributed by atoms with Crippen molar-refractivity contribution in [1.82, 2.24) is 9.80 Å². The summed E-state index contributed by atoms with van der Waals surface area (Å²) in [4.78, 5) is 4.80. The van der Waals surface area contributed by atoms with E-state index in [1.807, 2.05) is 19.1 Å². The fourth-order valence-electron chi connectivity index (χ4n) is 4.58. The van der Waals surface area contributed by atoms with Crippen molar-refractivity contribution in [1.29, 1.82) is 0 Å². The van der Waals surface area contributed by atoms with Gasteiger partial charge in [-0.15, -0.1) is 0 Å². The summed E-state index contributed by atoms with van der Waals surface area (Å²) in [5.74, 6) is 0.268. The molecule has 0 bridgehead atoms. The molecule has 1 unspecified atom stereocenters. The first-order valence-corrected chi connectivity index (χ1v) is 14.4. The zero-order chi connectivity index (χ0) is 28.8. The fraction of sp³-hybridized carbons (Fsp3) is 0.351. The second-order valence-electron chi connectivity index (χ2n) is 10.4. The third kappa shape index (κ3) is 9.62. The Bertz CT molecular complexity index is 1180. The number of nitrogens with zero attached hydrogens (tertiary/aromatic N) is 2. The van der Waals surface area contributed by atoms with Gasteiger partial charge in [-0.3, -0.25) is 0 Å². The molecule has 1 aliphatic heterocycles. The van der Waals surface area contributed by atoms with E-state index in [9.17, 15) is 0 Å². The van der Waals surface area contributed by atoms with Crippen LogP contribution in [0.5, 0.6) is 0 Å². The molecule has 1 atom stereocenters. The van der Waals surface area contributed by atoms with Crippen molar-refractivity contribution in [3.63, 3.8) is 0 Å². The lowest BCUT2D eigenvalue weighted by Gasteiger charge is -2.29. The van der Waals surface area contributed by atoms with E-state index >= 15 is 0 Å². The highest BCUT2D eigenvalue weighted by Crippen LogP contribution is 2.30. The van der Waals surface area contributed by atoms with Gasteiger partial charge in [0.2, 0.25) is 0 Å². The second kappa shape index (κ2) is 16.4. The summed E-state index contributed by atoms with van der Waals surface area (Å²) >= 11 is 0. The smallest absolute Gasteiger partial charge is 0.0415 e. The Hall–Kier alpha value is -3.52. The van der Waals surface area contributed by atoms with Gasteiger partial charge < -0.3 is 9.80 Å². The van der Waals surface area contributed by atoms with E-state index in [1.54, 1.807) is 0 Å². The lowest BCUT2D eigenvalue weighted by Crippen LogP contribution is -2.23. The number of hydrogen-bond acceptors (Lipinski definition) is 2. The van der Waals surface area contributed by atoms with Crippen LogP contribution in [-0.2, 0) is 0 Å². The normalized spacial score (nSPS) is 23.5. The highest BCUT2D eigenvalue weighted by Gasteiger charge is 2.19. The molecule has 2 heteroatoms. The van der Waals surface area contributed by atoms with Crippen LogP contribution in [0, 0.1) is 5.92 Å². The summed E-state index contributed by atoms with van der Waals surface area (Å²) < 4.78 is 0. The third-order valence-electron chi connectivity index (χ3n) is 6.98. The highest BCUT2D eigenvalue weighted by atomic mass is 15.2. The van der Waals surface area contributed by atoms with Crippen LogP contribution in [0.15, 0.2) is 143 Å². The van der Waals surface area contributed by atoms with E-state index in [-0.39, 0.29) is 5.92 Å². The average molecular weight is 523 g/mol. The quantitative estimate of drug-likeness (QED) is 0.249. The summed E-state index contributed by atoms with van der Waals surface area (Å²) in [6, 6.07) is 0. The van der Waals surface area contributed by atoms with Gasteiger partial charge in [0.1, 0.15) is 0 Å². The molecule has 2 aliphatic rings. The summed E-state index contributed by atoms with van der Waals surface area (Å²) in [6.45, 7) is 24.1. The first-order chi connectivity index (χ1) is 18.7. The Labute approximate surface area is 239 Å². The maximum atomic E-state index is 4.24. The van der Waals surface area contributed by atoms with Gasteiger partial charge in [-0.1, -0.05) is 93.7 Å². The van der Waals surface area contributed by atoms with Crippen LogP contribution in [0.3, 0.4) is 0 Å². The van der Waals surface area contributed by atoms with Crippen LogP contribution in [0.2, 0.25) is 0 Å². The molecule has 0 aromatic rings. The number of rotatable bonds is 11. The first kappa shape index (κ1) is 31.7. The largest absolute Gasteiger partial charge is 0.338 e. The SMILES string of the molecule is C=C(C)/C=C\C(=C)/C(C)=C/C=C(\CCC)N(/C=C/C)C1=C/C(C)/C(C)=C(/C=C\C)N(C2=CCCC=C2)C/C=C\1. The van der Waals surface area contributed by atoms with Gasteiger partial charge in [0.25, 0.3) is 0 Å². The molecular formula is C37H50N2. The Balaban J connectivity index is 2.56. The molecule has 0 aromatic heterocycles. The van der Waals surface area contributed by atoms with Gasteiger partial charge in [0.05, 0.1) is 0 Å². The van der Waals surface area contributed by atoms with E-state index < -0.39 is 0 Å². The predicted molar refractivity (Wildman–Crippen MR) is 174 cm³/mol.